The monoisotopic (exact) mass is 270 g/mol. The Labute approximate surface area is 107 Å². The van der Waals surface area contributed by atoms with Crippen molar-refractivity contribution in [3.63, 3.8) is 0 Å². The second-order valence-corrected chi connectivity index (χ2v) is 4.17. The van der Waals surface area contributed by atoms with E-state index in [4.69, 9.17) is 11.6 Å². The zero-order chi connectivity index (χ0) is 13.3. The molecular weight excluding hydrogens is 263 g/mol. The van der Waals surface area contributed by atoms with Crippen molar-refractivity contribution in [2.24, 2.45) is 0 Å². The van der Waals surface area contributed by atoms with E-state index in [-0.39, 0.29) is 23.7 Å². The van der Waals surface area contributed by atoms with Crippen LogP contribution < -0.4 is 5.32 Å². The summed E-state index contributed by atoms with van der Waals surface area (Å²) in [6.07, 6.45) is 0. The van der Waals surface area contributed by atoms with Crippen molar-refractivity contribution in [2.45, 2.75) is 0 Å². The molecule has 0 radical (unpaired) electrons. The maximum absolute atomic E-state index is 13.0. The number of benzene rings is 1. The smallest absolute Gasteiger partial charge is 0.254 e. The van der Waals surface area contributed by atoms with Gasteiger partial charge in [0.2, 0.25) is 11.8 Å². The van der Waals surface area contributed by atoms with Crippen LogP contribution >= 0.6 is 11.6 Å². The summed E-state index contributed by atoms with van der Waals surface area (Å²) in [7, 11) is 0. The molecule has 3 amide bonds. The molecule has 1 aliphatic rings. The van der Waals surface area contributed by atoms with Crippen LogP contribution in [0.15, 0.2) is 18.2 Å². The first-order valence-electron chi connectivity index (χ1n) is 5.04. The summed E-state index contributed by atoms with van der Waals surface area (Å²) in [5.41, 5.74) is 0.129. The summed E-state index contributed by atoms with van der Waals surface area (Å²) in [5, 5.41) is 1.89. The molecule has 1 aliphatic heterocycles. The highest BCUT2D eigenvalue weighted by Gasteiger charge is 2.27. The van der Waals surface area contributed by atoms with Crippen molar-refractivity contribution in [1.82, 2.24) is 10.2 Å². The number of carbonyl (C=O) groups excluding carboxylic acids is 3. The Kier molecular flexibility index (Phi) is 3.29. The number of carbonyl (C=O) groups is 3. The Morgan fingerprint density at radius 3 is 2.44 bits per heavy atom. The first kappa shape index (κ1) is 12.5. The summed E-state index contributed by atoms with van der Waals surface area (Å²) in [4.78, 5) is 35.3. The average molecular weight is 271 g/mol. The number of nitrogens with one attached hydrogen (secondary N) is 1. The second-order valence-electron chi connectivity index (χ2n) is 3.76. The molecule has 1 heterocycles. The zero-order valence-corrected chi connectivity index (χ0v) is 9.83. The third-order valence-electron chi connectivity index (χ3n) is 2.40. The van der Waals surface area contributed by atoms with Crippen molar-refractivity contribution < 1.29 is 18.8 Å². The third-order valence-corrected chi connectivity index (χ3v) is 2.69. The SMILES string of the molecule is O=C1CN(C(=O)c2ccc(F)c(Cl)c2)CC(=O)N1. The van der Waals surface area contributed by atoms with Gasteiger partial charge in [0.05, 0.1) is 5.02 Å². The molecular formula is C11H8ClFN2O3. The van der Waals surface area contributed by atoms with E-state index in [9.17, 15) is 18.8 Å². The third kappa shape index (κ3) is 2.48. The quantitative estimate of drug-likeness (QED) is 0.759. The maximum atomic E-state index is 13.0. The molecule has 2 rings (SSSR count). The van der Waals surface area contributed by atoms with Gasteiger partial charge in [0.15, 0.2) is 0 Å². The standard InChI is InChI=1S/C11H8ClFN2O3/c12-7-3-6(1-2-8(7)13)11(18)15-4-9(16)14-10(17)5-15/h1-3H,4-5H2,(H,14,16,17). The molecule has 1 aromatic rings. The molecule has 0 spiro atoms. The zero-order valence-electron chi connectivity index (χ0n) is 9.07. The lowest BCUT2D eigenvalue weighted by Crippen LogP contribution is -2.53. The molecule has 7 heteroatoms. The molecule has 0 aromatic heterocycles. The minimum Gasteiger partial charge on any atom is -0.320 e. The van der Waals surface area contributed by atoms with Gasteiger partial charge in [0, 0.05) is 5.56 Å². The van der Waals surface area contributed by atoms with Crippen LogP contribution in [0.1, 0.15) is 10.4 Å². The van der Waals surface area contributed by atoms with Crippen LogP contribution in [-0.2, 0) is 9.59 Å². The van der Waals surface area contributed by atoms with E-state index < -0.39 is 23.5 Å². The van der Waals surface area contributed by atoms with Gasteiger partial charge < -0.3 is 4.90 Å². The Morgan fingerprint density at radius 1 is 1.28 bits per heavy atom. The van der Waals surface area contributed by atoms with Crippen molar-refractivity contribution in [3.8, 4) is 0 Å². The van der Waals surface area contributed by atoms with E-state index in [0.29, 0.717) is 0 Å². The van der Waals surface area contributed by atoms with Gasteiger partial charge in [-0.15, -0.1) is 0 Å². The Hall–Kier alpha value is -1.95. The molecule has 94 valence electrons. The summed E-state index contributed by atoms with van der Waals surface area (Å²) in [6.45, 7) is -0.418. The van der Waals surface area contributed by atoms with Crippen LogP contribution in [0, 0.1) is 5.82 Å². The van der Waals surface area contributed by atoms with Crippen LogP contribution in [0.25, 0.3) is 0 Å². The lowest BCUT2D eigenvalue weighted by atomic mass is 10.2. The van der Waals surface area contributed by atoms with Gasteiger partial charge in [0.1, 0.15) is 18.9 Å². The Morgan fingerprint density at radius 2 is 1.89 bits per heavy atom. The van der Waals surface area contributed by atoms with Gasteiger partial charge in [0.25, 0.3) is 5.91 Å². The first-order chi connectivity index (χ1) is 8.47. The number of imide groups is 1. The molecule has 1 saturated heterocycles. The van der Waals surface area contributed by atoms with Crippen LogP contribution in [-0.4, -0.2) is 35.7 Å². The van der Waals surface area contributed by atoms with Crippen LogP contribution in [0.4, 0.5) is 4.39 Å². The van der Waals surface area contributed by atoms with Gasteiger partial charge in [-0.05, 0) is 18.2 Å². The fraction of sp³-hybridized carbons (Fsp3) is 0.182. The van der Waals surface area contributed by atoms with Crippen LogP contribution in [0.5, 0.6) is 0 Å². The average Bonchev–Trinajstić information content (AvgIpc) is 2.30. The number of nitrogens with zero attached hydrogens (tertiary/aromatic N) is 1. The highest BCUT2D eigenvalue weighted by atomic mass is 35.5. The van der Waals surface area contributed by atoms with Gasteiger partial charge in [-0.2, -0.15) is 0 Å². The molecule has 1 aromatic carbocycles. The molecule has 18 heavy (non-hydrogen) atoms. The number of halogens is 2. The summed E-state index contributed by atoms with van der Waals surface area (Å²) >= 11 is 5.56. The van der Waals surface area contributed by atoms with Crippen molar-refractivity contribution in [1.29, 1.82) is 0 Å². The fourth-order valence-corrected chi connectivity index (χ4v) is 1.77. The Bertz CT molecular complexity index is 531. The minimum atomic E-state index is -0.638. The number of piperazine rings is 1. The summed E-state index contributed by atoms with van der Waals surface area (Å²) in [6, 6.07) is 3.47. The molecule has 5 nitrogen and oxygen atoms in total. The largest absolute Gasteiger partial charge is 0.320 e. The van der Waals surface area contributed by atoms with Crippen LogP contribution in [0.2, 0.25) is 5.02 Å². The highest BCUT2D eigenvalue weighted by molar-refractivity contribution is 6.31. The van der Waals surface area contributed by atoms with Gasteiger partial charge in [-0.25, -0.2) is 4.39 Å². The lowest BCUT2D eigenvalue weighted by Gasteiger charge is -2.25. The Balaban J connectivity index is 2.22. The van der Waals surface area contributed by atoms with E-state index in [1.54, 1.807) is 0 Å². The van der Waals surface area contributed by atoms with Crippen LogP contribution in [0.3, 0.4) is 0 Å². The number of hydrogen-bond donors (Lipinski definition) is 1. The van der Waals surface area contributed by atoms with E-state index in [0.717, 1.165) is 17.0 Å². The molecule has 1 fully saturated rings. The van der Waals surface area contributed by atoms with Crippen molar-refractivity contribution in [2.75, 3.05) is 13.1 Å². The predicted molar refractivity (Wildman–Crippen MR) is 60.5 cm³/mol. The lowest BCUT2D eigenvalue weighted by molar-refractivity contribution is -0.135. The van der Waals surface area contributed by atoms with Crippen molar-refractivity contribution in [3.05, 3.63) is 34.6 Å². The van der Waals surface area contributed by atoms with E-state index in [2.05, 4.69) is 5.32 Å². The first-order valence-corrected chi connectivity index (χ1v) is 5.42. The molecule has 0 bridgehead atoms. The van der Waals surface area contributed by atoms with Gasteiger partial charge >= 0.3 is 0 Å². The molecule has 0 saturated carbocycles. The summed E-state index contributed by atoms with van der Waals surface area (Å²) < 4.78 is 13.0. The molecule has 0 aliphatic carbocycles. The predicted octanol–water partition coefficient (Wildman–Crippen LogP) is 0.578. The second kappa shape index (κ2) is 4.73. The van der Waals surface area contributed by atoms with E-state index in [1.165, 1.54) is 6.07 Å². The summed E-state index contributed by atoms with van der Waals surface area (Å²) in [5.74, 6) is -2.28. The normalized spacial score (nSPS) is 15.6. The van der Waals surface area contributed by atoms with Gasteiger partial charge in [-0.1, -0.05) is 11.6 Å². The van der Waals surface area contributed by atoms with E-state index in [1.807, 2.05) is 0 Å². The topological polar surface area (TPSA) is 66.5 Å². The molecule has 1 N–H and O–H groups in total. The molecule has 0 unspecified atom stereocenters. The fourth-order valence-electron chi connectivity index (χ4n) is 1.59. The number of rotatable bonds is 1. The number of amides is 3. The minimum absolute atomic E-state index is 0.129. The van der Waals surface area contributed by atoms with Crippen molar-refractivity contribution >= 4 is 29.3 Å². The van der Waals surface area contributed by atoms with Gasteiger partial charge in [-0.3, -0.25) is 19.7 Å². The highest BCUT2D eigenvalue weighted by Crippen LogP contribution is 2.17. The van der Waals surface area contributed by atoms with E-state index >= 15 is 0 Å². The molecule has 0 atom stereocenters. The maximum Gasteiger partial charge on any atom is 0.254 e. The number of hydrogen-bond acceptors (Lipinski definition) is 3.